The van der Waals surface area contributed by atoms with Crippen molar-refractivity contribution in [1.29, 1.82) is 0 Å². The molecule has 0 aromatic heterocycles. The molecule has 2 heterocycles. The first-order valence-electron chi connectivity index (χ1n) is 9.80. The lowest BCUT2D eigenvalue weighted by Crippen LogP contribution is -2.46. The zero-order valence-electron chi connectivity index (χ0n) is 15.7. The predicted molar refractivity (Wildman–Crippen MR) is 107 cm³/mol. The summed E-state index contributed by atoms with van der Waals surface area (Å²) in [6.45, 7) is 6.77. The Morgan fingerprint density at radius 1 is 1.00 bits per heavy atom. The Kier molecular flexibility index (Phi) is 5.70. The lowest BCUT2D eigenvalue weighted by Gasteiger charge is -2.34. The molecular weight excluding hydrogens is 338 g/mol. The van der Waals surface area contributed by atoms with Crippen LogP contribution >= 0.6 is 0 Å². The number of amides is 1. The van der Waals surface area contributed by atoms with E-state index >= 15 is 0 Å². The summed E-state index contributed by atoms with van der Waals surface area (Å²) in [5.41, 5.74) is 3.58. The van der Waals surface area contributed by atoms with Crippen LogP contribution in [0.4, 0.5) is 5.69 Å². The molecule has 0 spiro atoms. The van der Waals surface area contributed by atoms with Crippen molar-refractivity contribution in [1.82, 2.24) is 9.80 Å². The molecule has 142 valence electrons. The molecule has 0 bridgehead atoms. The second kappa shape index (κ2) is 8.55. The van der Waals surface area contributed by atoms with E-state index in [0.29, 0.717) is 6.42 Å². The molecule has 1 N–H and O–H groups in total. The Morgan fingerprint density at radius 2 is 1.78 bits per heavy atom. The third-order valence-electron chi connectivity index (χ3n) is 5.34. The molecule has 5 nitrogen and oxygen atoms in total. The normalized spacial score (nSPS) is 17.3. The predicted octanol–water partition coefficient (Wildman–Crippen LogP) is 2.77. The van der Waals surface area contributed by atoms with Gasteiger partial charge in [0.05, 0.1) is 6.61 Å². The molecule has 1 fully saturated rings. The van der Waals surface area contributed by atoms with Crippen molar-refractivity contribution in [3.63, 3.8) is 0 Å². The van der Waals surface area contributed by atoms with Crippen LogP contribution in [0.25, 0.3) is 0 Å². The number of hydrogen-bond acceptors (Lipinski definition) is 4. The Bertz CT molecular complexity index is 770. The summed E-state index contributed by atoms with van der Waals surface area (Å²) in [5.74, 6) is 1.14. The number of rotatable bonds is 6. The van der Waals surface area contributed by atoms with Gasteiger partial charge >= 0.3 is 0 Å². The summed E-state index contributed by atoms with van der Waals surface area (Å²) >= 11 is 0. The van der Waals surface area contributed by atoms with E-state index in [2.05, 4.69) is 33.3 Å². The minimum atomic E-state index is 0.0870. The second-order valence-electron chi connectivity index (χ2n) is 7.32. The lowest BCUT2D eigenvalue weighted by molar-refractivity contribution is -0.116. The van der Waals surface area contributed by atoms with Gasteiger partial charge in [0.1, 0.15) is 5.75 Å². The largest absolute Gasteiger partial charge is 0.493 e. The van der Waals surface area contributed by atoms with Gasteiger partial charge in [-0.05, 0) is 29.3 Å². The monoisotopic (exact) mass is 365 g/mol. The maximum absolute atomic E-state index is 12.1. The molecule has 2 aliphatic heterocycles. The van der Waals surface area contributed by atoms with Crippen LogP contribution in [0, 0.1) is 0 Å². The van der Waals surface area contributed by atoms with E-state index in [1.165, 1.54) is 11.1 Å². The van der Waals surface area contributed by atoms with E-state index in [0.717, 1.165) is 63.7 Å². The number of nitrogens with one attached hydrogen (secondary N) is 1. The van der Waals surface area contributed by atoms with Crippen molar-refractivity contribution in [3.8, 4) is 5.75 Å². The van der Waals surface area contributed by atoms with E-state index < -0.39 is 0 Å². The number of benzene rings is 2. The highest BCUT2D eigenvalue weighted by molar-refractivity contribution is 5.90. The Balaban J connectivity index is 1.18. The fourth-order valence-corrected chi connectivity index (χ4v) is 3.77. The topological polar surface area (TPSA) is 44.8 Å². The number of anilines is 1. The minimum absolute atomic E-state index is 0.0870. The first-order valence-corrected chi connectivity index (χ1v) is 9.80. The Hall–Kier alpha value is -2.37. The van der Waals surface area contributed by atoms with Crippen LogP contribution in [-0.2, 0) is 17.8 Å². The first-order chi connectivity index (χ1) is 13.3. The molecule has 2 aliphatic rings. The smallest absolute Gasteiger partial charge is 0.225 e. The van der Waals surface area contributed by atoms with Crippen LogP contribution in [0.2, 0.25) is 0 Å². The van der Waals surface area contributed by atoms with E-state index in [9.17, 15) is 4.79 Å². The summed E-state index contributed by atoms with van der Waals surface area (Å²) in [5, 5.41) is 2.96. The number of ether oxygens (including phenoxy) is 1. The third kappa shape index (κ3) is 4.87. The van der Waals surface area contributed by atoms with Crippen LogP contribution in [0.5, 0.6) is 5.75 Å². The number of nitrogens with zero attached hydrogens (tertiary/aromatic N) is 2. The molecule has 0 atom stereocenters. The van der Waals surface area contributed by atoms with Crippen LogP contribution in [0.3, 0.4) is 0 Å². The quantitative estimate of drug-likeness (QED) is 0.855. The van der Waals surface area contributed by atoms with E-state index in [1.807, 2.05) is 30.3 Å². The second-order valence-corrected chi connectivity index (χ2v) is 7.32. The van der Waals surface area contributed by atoms with Gasteiger partial charge in [0.25, 0.3) is 0 Å². The van der Waals surface area contributed by atoms with Crippen LogP contribution in [0.15, 0.2) is 48.5 Å². The highest BCUT2D eigenvalue weighted by Gasteiger charge is 2.19. The minimum Gasteiger partial charge on any atom is -0.493 e. The molecule has 4 rings (SSSR count). The number of piperazine rings is 1. The van der Waals surface area contributed by atoms with Crippen molar-refractivity contribution in [2.24, 2.45) is 0 Å². The number of hydrogen-bond donors (Lipinski definition) is 1. The number of carbonyl (C=O) groups excluding carboxylic acids is 1. The average molecular weight is 365 g/mol. The van der Waals surface area contributed by atoms with Gasteiger partial charge in [-0.1, -0.05) is 30.3 Å². The van der Waals surface area contributed by atoms with Gasteiger partial charge in [0, 0.05) is 57.8 Å². The fourth-order valence-electron chi connectivity index (χ4n) is 3.77. The molecule has 2 aromatic rings. The highest BCUT2D eigenvalue weighted by atomic mass is 16.5. The molecular formula is C22H27N3O2. The van der Waals surface area contributed by atoms with Crippen LogP contribution in [-0.4, -0.2) is 55.0 Å². The van der Waals surface area contributed by atoms with Crippen LogP contribution in [0.1, 0.15) is 17.5 Å². The summed E-state index contributed by atoms with van der Waals surface area (Å²) in [6, 6.07) is 16.2. The van der Waals surface area contributed by atoms with Crippen molar-refractivity contribution in [3.05, 3.63) is 59.7 Å². The summed E-state index contributed by atoms with van der Waals surface area (Å²) in [6.07, 6.45) is 1.57. The number of carbonyl (C=O) groups is 1. The zero-order valence-corrected chi connectivity index (χ0v) is 15.7. The van der Waals surface area contributed by atoms with E-state index in [4.69, 9.17) is 4.74 Å². The van der Waals surface area contributed by atoms with Gasteiger partial charge in [-0.15, -0.1) is 0 Å². The third-order valence-corrected chi connectivity index (χ3v) is 5.34. The highest BCUT2D eigenvalue weighted by Crippen LogP contribution is 2.26. The Morgan fingerprint density at radius 3 is 2.59 bits per heavy atom. The van der Waals surface area contributed by atoms with Crippen molar-refractivity contribution in [2.75, 3.05) is 44.6 Å². The van der Waals surface area contributed by atoms with Crippen molar-refractivity contribution in [2.45, 2.75) is 19.4 Å². The first kappa shape index (κ1) is 18.0. The van der Waals surface area contributed by atoms with Gasteiger partial charge in [0.2, 0.25) is 5.91 Å². The molecule has 2 aromatic carbocycles. The van der Waals surface area contributed by atoms with Gasteiger partial charge in [-0.2, -0.15) is 0 Å². The molecule has 0 aliphatic carbocycles. The summed E-state index contributed by atoms with van der Waals surface area (Å²) < 4.78 is 5.59. The molecule has 0 radical (unpaired) electrons. The van der Waals surface area contributed by atoms with E-state index in [1.54, 1.807) is 0 Å². The van der Waals surface area contributed by atoms with Crippen molar-refractivity contribution < 1.29 is 9.53 Å². The SMILES string of the molecule is O=C(CCN1CCN(Cc2ccc3c(c2)CCO3)CC1)Nc1ccccc1. The molecule has 0 saturated carbocycles. The number of para-hydroxylation sites is 1. The number of fused-ring (bicyclic) bond motifs is 1. The van der Waals surface area contributed by atoms with Gasteiger partial charge < -0.3 is 15.0 Å². The van der Waals surface area contributed by atoms with Gasteiger partial charge in [-0.3, -0.25) is 9.69 Å². The maximum atomic E-state index is 12.1. The lowest BCUT2D eigenvalue weighted by atomic mass is 10.1. The van der Waals surface area contributed by atoms with E-state index in [-0.39, 0.29) is 5.91 Å². The molecule has 1 saturated heterocycles. The van der Waals surface area contributed by atoms with Gasteiger partial charge in [0.15, 0.2) is 0 Å². The molecule has 1 amide bonds. The van der Waals surface area contributed by atoms with Crippen LogP contribution < -0.4 is 10.1 Å². The van der Waals surface area contributed by atoms with Crippen molar-refractivity contribution >= 4 is 11.6 Å². The maximum Gasteiger partial charge on any atom is 0.225 e. The summed E-state index contributed by atoms with van der Waals surface area (Å²) in [7, 11) is 0. The summed E-state index contributed by atoms with van der Waals surface area (Å²) in [4.78, 5) is 17.0. The standard InChI is InChI=1S/C22H27N3O2/c26-22(23-20-4-2-1-3-5-20)8-10-24-11-13-25(14-12-24)17-18-6-7-21-19(16-18)9-15-27-21/h1-7,16H,8-15,17H2,(H,23,26). The molecule has 27 heavy (non-hydrogen) atoms. The van der Waals surface area contributed by atoms with Gasteiger partial charge in [-0.25, -0.2) is 0 Å². The molecule has 5 heteroatoms. The Labute approximate surface area is 160 Å². The molecule has 0 unspecified atom stereocenters. The average Bonchev–Trinajstić information content (AvgIpc) is 3.16. The zero-order chi connectivity index (χ0) is 18.5. The fraction of sp³-hybridized carbons (Fsp3) is 0.409.